The molecular formula is C2H8ClO3P. The minimum atomic E-state index is -3.40. The molecule has 7 heavy (non-hydrogen) atoms. The summed E-state index contributed by atoms with van der Waals surface area (Å²) in [5.41, 5.74) is 0. The summed E-state index contributed by atoms with van der Waals surface area (Å²) in [7, 11) is -3.40. The summed E-state index contributed by atoms with van der Waals surface area (Å²) in [5.74, 6) is 0. The molecule has 0 aliphatic rings. The van der Waals surface area contributed by atoms with Gasteiger partial charge >= 0.3 is 7.94 Å². The zero-order valence-corrected chi connectivity index (χ0v) is 5.52. The van der Waals surface area contributed by atoms with E-state index < -0.39 is 7.94 Å². The van der Waals surface area contributed by atoms with Gasteiger partial charge in [0.2, 0.25) is 0 Å². The van der Waals surface area contributed by atoms with Gasteiger partial charge in [-0.05, 0) is 6.92 Å². The van der Waals surface area contributed by atoms with Gasteiger partial charge in [0, 0.05) is 0 Å². The molecule has 0 spiro atoms. The summed E-state index contributed by atoms with van der Waals surface area (Å²) in [4.78, 5) is 24.1. The van der Waals surface area contributed by atoms with Crippen LogP contribution in [0, 0.1) is 0 Å². The Hall–Kier alpha value is 0.600. The second-order valence-electron chi connectivity index (χ2n) is 1.01. The van der Waals surface area contributed by atoms with Crippen LogP contribution in [0.1, 0.15) is 6.92 Å². The first-order valence-electron chi connectivity index (χ1n) is 1.62. The first-order chi connectivity index (χ1) is 2.56. The summed E-state index contributed by atoms with van der Waals surface area (Å²) in [6.45, 7) is 1.51. The van der Waals surface area contributed by atoms with E-state index in [1.54, 1.807) is 0 Å². The third-order valence-electron chi connectivity index (χ3n) is 0.424. The molecule has 0 saturated heterocycles. The minimum Gasteiger partial charge on any atom is -1.00 e. The van der Waals surface area contributed by atoms with Crippen LogP contribution in [0.25, 0.3) is 0 Å². The van der Waals surface area contributed by atoms with E-state index in [-0.39, 0.29) is 18.6 Å². The molecule has 3 N–H and O–H groups in total. The highest BCUT2D eigenvalue weighted by molar-refractivity contribution is 7.58. The third kappa shape index (κ3) is 10.8. The maximum atomic E-state index is 8.05. The van der Waals surface area contributed by atoms with Gasteiger partial charge in [-0.25, -0.2) is 0 Å². The lowest BCUT2D eigenvalue weighted by Gasteiger charge is -1.95. The monoisotopic (exact) mass is 146 g/mol. The van der Waals surface area contributed by atoms with Gasteiger partial charge in [0.15, 0.2) is 0 Å². The van der Waals surface area contributed by atoms with Gasteiger partial charge in [0.1, 0.15) is 6.16 Å². The standard InChI is InChI=1S/C2H8O3P.ClH/c1-2-6(3,4)5;/h3-5H,2H2,1H3;1H/q+1;/p-1. The van der Waals surface area contributed by atoms with E-state index in [9.17, 15) is 0 Å². The lowest BCUT2D eigenvalue weighted by atomic mass is 11.0. The van der Waals surface area contributed by atoms with Crippen molar-refractivity contribution in [3.05, 3.63) is 0 Å². The highest BCUT2D eigenvalue weighted by atomic mass is 35.5. The third-order valence-corrected chi connectivity index (χ3v) is 1.27. The van der Waals surface area contributed by atoms with E-state index >= 15 is 0 Å². The molecule has 0 radical (unpaired) electrons. The predicted octanol–water partition coefficient (Wildman–Crippen LogP) is -3.25. The molecule has 46 valence electrons. The minimum absolute atomic E-state index is 0. The molecule has 0 aromatic heterocycles. The number of hydrogen-bond donors (Lipinski definition) is 3. The van der Waals surface area contributed by atoms with Gasteiger partial charge in [-0.3, -0.25) is 0 Å². The summed E-state index contributed by atoms with van der Waals surface area (Å²) in [6.07, 6.45) is 0.0486. The largest absolute Gasteiger partial charge is 1.00 e. The topological polar surface area (TPSA) is 60.7 Å². The Morgan fingerprint density at radius 1 is 1.29 bits per heavy atom. The van der Waals surface area contributed by atoms with Crippen LogP contribution in [0.15, 0.2) is 0 Å². The van der Waals surface area contributed by atoms with Crippen LogP contribution in [0.2, 0.25) is 0 Å². The lowest BCUT2D eigenvalue weighted by Crippen LogP contribution is -3.00. The Morgan fingerprint density at radius 2 is 1.43 bits per heavy atom. The maximum absolute atomic E-state index is 8.05. The highest BCUT2D eigenvalue weighted by Crippen LogP contribution is 2.43. The fourth-order valence-corrected chi connectivity index (χ4v) is 0. The molecule has 0 saturated carbocycles. The van der Waals surface area contributed by atoms with Crippen molar-refractivity contribution in [2.45, 2.75) is 6.92 Å². The van der Waals surface area contributed by atoms with Gasteiger partial charge in [-0.15, -0.1) is 0 Å². The van der Waals surface area contributed by atoms with Crippen molar-refractivity contribution in [3.8, 4) is 0 Å². The van der Waals surface area contributed by atoms with Crippen LogP contribution in [0.5, 0.6) is 0 Å². The molecule has 0 aliphatic heterocycles. The Labute approximate surface area is 49.0 Å². The fourth-order valence-electron chi connectivity index (χ4n) is 0. The van der Waals surface area contributed by atoms with Crippen LogP contribution < -0.4 is 12.4 Å². The first-order valence-corrected chi connectivity index (χ1v) is 3.46. The van der Waals surface area contributed by atoms with Gasteiger partial charge in [-0.2, -0.15) is 14.7 Å². The number of rotatable bonds is 1. The quantitative estimate of drug-likeness (QED) is 0.341. The van der Waals surface area contributed by atoms with Crippen molar-refractivity contribution < 1.29 is 27.1 Å². The normalized spacial score (nSPS) is 10.3. The van der Waals surface area contributed by atoms with Gasteiger partial charge in [0.05, 0.1) is 0 Å². The smallest absolute Gasteiger partial charge is 0.403 e. The molecule has 0 rings (SSSR count). The van der Waals surface area contributed by atoms with E-state index in [1.165, 1.54) is 6.92 Å². The van der Waals surface area contributed by atoms with E-state index in [4.69, 9.17) is 14.7 Å². The van der Waals surface area contributed by atoms with Gasteiger partial charge in [0.25, 0.3) is 0 Å². The molecule has 3 nitrogen and oxygen atoms in total. The van der Waals surface area contributed by atoms with Crippen molar-refractivity contribution in [1.29, 1.82) is 0 Å². The summed E-state index contributed by atoms with van der Waals surface area (Å²) < 4.78 is 0. The first kappa shape index (κ1) is 10.6. The molecule has 0 aromatic rings. The predicted molar refractivity (Wildman–Crippen MR) is 24.1 cm³/mol. The van der Waals surface area contributed by atoms with Crippen molar-refractivity contribution in [3.63, 3.8) is 0 Å². The summed E-state index contributed by atoms with van der Waals surface area (Å²) in [6, 6.07) is 0. The average molecular weight is 147 g/mol. The fraction of sp³-hybridized carbons (Fsp3) is 1.00. The maximum Gasteiger partial charge on any atom is 0.403 e. The highest BCUT2D eigenvalue weighted by Gasteiger charge is 2.24. The molecular weight excluding hydrogens is 138 g/mol. The van der Waals surface area contributed by atoms with E-state index in [0.29, 0.717) is 0 Å². The van der Waals surface area contributed by atoms with Crippen molar-refractivity contribution in [2.75, 3.05) is 6.16 Å². The SMILES string of the molecule is CC[P+](O)(O)O.[Cl-]. The molecule has 0 bridgehead atoms. The lowest BCUT2D eigenvalue weighted by molar-refractivity contribution is -0.00000709. The number of halogens is 1. The Kier molecular flexibility index (Phi) is 5.40. The van der Waals surface area contributed by atoms with Crippen molar-refractivity contribution >= 4 is 7.94 Å². The van der Waals surface area contributed by atoms with E-state index in [2.05, 4.69) is 0 Å². The molecule has 0 heterocycles. The van der Waals surface area contributed by atoms with Crippen LogP contribution in [0.3, 0.4) is 0 Å². The summed E-state index contributed by atoms with van der Waals surface area (Å²) >= 11 is 0. The van der Waals surface area contributed by atoms with Crippen molar-refractivity contribution in [1.82, 2.24) is 0 Å². The second kappa shape index (κ2) is 3.58. The zero-order valence-electron chi connectivity index (χ0n) is 3.87. The molecule has 0 aliphatic carbocycles. The molecule has 0 aromatic carbocycles. The van der Waals surface area contributed by atoms with Crippen LogP contribution >= 0.6 is 7.94 Å². The zero-order chi connectivity index (χ0) is 5.21. The molecule has 0 unspecified atom stereocenters. The molecule has 5 heteroatoms. The average Bonchev–Trinajstić information content (AvgIpc) is 1.35. The Balaban J connectivity index is 0. The van der Waals surface area contributed by atoms with Crippen LogP contribution in [0.4, 0.5) is 0 Å². The van der Waals surface area contributed by atoms with Gasteiger partial charge in [-0.1, -0.05) is 0 Å². The molecule has 0 fully saturated rings. The Bertz CT molecular complexity index is 42.7. The Morgan fingerprint density at radius 3 is 1.43 bits per heavy atom. The van der Waals surface area contributed by atoms with E-state index in [0.717, 1.165) is 0 Å². The van der Waals surface area contributed by atoms with Crippen LogP contribution in [-0.4, -0.2) is 20.8 Å². The number of hydrogen-bond acceptors (Lipinski definition) is 3. The molecule has 0 atom stereocenters. The van der Waals surface area contributed by atoms with Crippen molar-refractivity contribution in [2.24, 2.45) is 0 Å². The second-order valence-corrected chi connectivity index (χ2v) is 3.03. The summed E-state index contributed by atoms with van der Waals surface area (Å²) in [5, 5.41) is 0. The molecule has 0 amide bonds. The van der Waals surface area contributed by atoms with Crippen LogP contribution in [-0.2, 0) is 0 Å². The van der Waals surface area contributed by atoms with Gasteiger partial charge < -0.3 is 12.4 Å². The van der Waals surface area contributed by atoms with E-state index in [1.807, 2.05) is 0 Å².